The highest BCUT2D eigenvalue weighted by Crippen LogP contribution is 2.36. The van der Waals surface area contributed by atoms with Gasteiger partial charge in [-0.15, -0.1) is 0 Å². The summed E-state index contributed by atoms with van der Waals surface area (Å²) in [5.74, 6) is -3.48. The fourth-order valence-corrected chi connectivity index (χ4v) is 4.63. The summed E-state index contributed by atoms with van der Waals surface area (Å²) in [6, 6.07) is 20.5. The zero-order valence-corrected chi connectivity index (χ0v) is 26.2. The molecule has 0 atom stereocenters. The van der Waals surface area contributed by atoms with Crippen molar-refractivity contribution in [1.82, 2.24) is 0 Å². The quantitative estimate of drug-likeness (QED) is 0.114. The van der Waals surface area contributed by atoms with Gasteiger partial charge in [-0.25, -0.2) is 17.6 Å². The van der Waals surface area contributed by atoms with Crippen LogP contribution in [-0.4, -0.2) is 29.9 Å². The van der Waals surface area contributed by atoms with E-state index in [0.29, 0.717) is 11.1 Å². The Kier molecular flexibility index (Phi) is 10.3. The van der Waals surface area contributed by atoms with Gasteiger partial charge in [0.25, 0.3) is 0 Å². The first-order chi connectivity index (χ1) is 20.7. The Morgan fingerprint density at radius 3 is 1.32 bits per heavy atom. The Balaban J connectivity index is 0.000000215. The zero-order chi connectivity index (χ0) is 32.2. The maximum atomic E-state index is 13.7. The van der Waals surface area contributed by atoms with E-state index in [1.165, 1.54) is 12.1 Å². The van der Waals surface area contributed by atoms with E-state index in [-0.39, 0.29) is 35.5 Å². The fourth-order valence-electron chi connectivity index (χ4n) is 4.37. The SMILES string of the molecule is CC1(C)OB(c2ccc(C(=O)Cc3c(F)cccc3F)cc2)OC1(C)C.O=C(Cc1c(F)cccc1F)c1ccc(Br)cc1. The van der Waals surface area contributed by atoms with E-state index >= 15 is 0 Å². The van der Waals surface area contributed by atoms with Crippen LogP contribution in [-0.2, 0) is 22.2 Å². The fraction of sp³-hybridized carbons (Fsp3) is 0.235. The zero-order valence-electron chi connectivity index (χ0n) is 24.6. The second-order valence-electron chi connectivity index (χ2n) is 11.3. The highest BCUT2D eigenvalue weighted by molar-refractivity contribution is 9.10. The molecule has 0 amide bonds. The average Bonchev–Trinajstić information content (AvgIpc) is 3.19. The summed E-state index contributed by atoms with van der Waals surface area (Å²) < 4.78 is 67.0. The van der Waals surface area contributed by atoms with Crippen LogP contribution in [0.4, 0.5) is 17.6 Å². The molecule has 44 heavy (non-hydrogen) atoms. The van der Waals surface area contributed by atoms with Crippen LogP contribution >= 0.6 is 15.9 Å². The lowest BCUT2D eigenvalue weighted by atomic mass is 9.78. The van der Waals surface area contributed by atoms with Gasteiger partial charge in [-0.3, -0.25) is 9.59 Å². The predicted molar refractivity (Wildman–Crippen MR) is 165 cm³/mol. The number of hydrogen-bond donors (Lipinski definition) is 0. The van der Waals surface area contributed by atoms with Crippen molar-refractivity contribution in [3.05, 3.63) is 135 Å². The minimum atomic E-state index is -0.716. The van der Waals surface area contributed by atoms with Crippen molar-refractivity contribution in [2.24, 2.45) is 0 Å². The molecule has 0 aliphatic carbocycles. The van der Waals surface area contributed by atoms with Crippen molar-refractivity contribution < 1.29 is 36.5 Å². The molecule has 1 aliphatic heterocycles. The standard InChI is InChI=1S/C20H21BF2O3.C14H9BrF2O/c1-19(2)20(3,4)26-21(25-19)14-10-8-13(9-11-14)18(24)12-15-16(22)6-5-7-17(15)23;15-10-6-4-9(5-7-10)14(18)8-11-12(16)2-1-3-13(11)17/h5-11H,12H2,1-4H3;1-7H,8H2. The topological polar surface area (TPSA) is 52.6 Å². The van der Waals surface area contributed by atoms with E-state index in [0.717, 1.165) is 34.2 Å². The molecule has 1 aliphatic rings. The minimum Gasteiger partial charge on any atom is -0.399 e. The first-order valence-corrected chi connectivity index (χ1v) is 14.6. The van der Waals surface area contributed by atoms with E-state index in [2.05, 4.69) is 15.9 Å². The molecular weight excluding hydrogens is 639 g/mol. The number of halogens is 5. The number of carbonyl (C=O) groups is 2. The van der Waals surface area contributed by atoms with E-state index in [9.17, 15) is 27.2 Å². The van der Waals surface area contributed by atoms with E-state index < -0.39 is 41.6 Å². The molecule has 0 N–H and O–H groups in total. The smallest absolute Gasteiger partial charge is 0.399 e. The first kappa shape index (κ1) is 33.3. The van der Waals surface area contributed by atoms with Gasteiger partial charge in [0.15, 0.2) is 11.6 Å². The van der Waals surface area contributed by atoms with Crippen molar-refractivity contribution in [2.45, 2.75) is 51.7 Å². The largest absolute Gasteiger partial charge is 0.494 e. The number of benzene rings is 4. The van der Waals surface area contributed by atoms with Crippen LogP contribution in [0.25, 0.3) is 0 Å². The van der Waals surface area contributed by atoms with Gasteiger partial charge in [-0.05, 0) is 69.6 Å². The molecule has 0 radical (unpaired) electrons. The van der Waals surface area contributed by atoms with Gasteiger partial charge in [0.05, 0.1) is 11.2 Å². The molecule has 4 aromatic carbocycles. The predicted octanol–water partition coefficient (Wildman–Crippen LogP) is 7.84. The molecule has 5 rings (SSSR count). The average molecular weight is 669 g/mol. The lowest BCUT2D eigenvalue weighted by Gasteiger charge is -2.32. The molecule has 0 saturated carbocycles. The molecule has 4 aromatic rings. The lowest BCUT2D eigenvalue weighted by molar-refractivity contribution is 0.00578. The molecule has 0 unspecified atom stereocenters. The minimum absolute atomic E-state index is 0.189. The summed E-state index contributed by atoms with van der Waals surface area (Å²) >= 11 is 3.25. The number of hydrogen-bond acceptors (Lipinski definition) is 4. The van der Waals surface area contributed by atoms with Crippen molar-refractivity contribution in [1.29, 1.82) is 0 Å². The molecule has 0 spiro atoms. The molecule has 228 valence electrons. The normalized spacial score (nSPS) is 15.0. The second kappa shape index (κ2) is 13.6. The van der Waals surface area contributed by atoms with E-state index in [1.807, 2.05) is 27.7 Å². The summed E-state index contributed by atoms with van der Waals surface area (Å²) in [7, 11) is -0.520. The number of carbonyl (C=O) groups excluding carboxylic acids is 2. The summed E-state index contributed by atoms with van der Waals surface area (Å²) in [6.07, 6.45) is -0.603. The second-order valence-corrected chi connectivity index (χ2v) is 12.2. The highest BCUT2D eigenvalue weighted by atomic mass is 79.9. The molecule has 0 aromatic heterocycles. The maximum Gasteiger partial charge on any atom is 0.494 e. The Morgan fingerprint density at radius 1 is 0.614 bits per heavy atom. The molecule has 4 nitrogen and oxygen atoms in total. The van der Waals surface area contributed by atoms with E-state index in [4.69, 9.17) is 9.31 Å². The van der Waals surface area contributed by atoms with Gasteiger partial charge >= 0.3 is 7.12 Å². The molecule has 0 bridgehead atoms. The number of rotatable bonds is 7. The van der Waals surface area contributed by atoms with Crippen molar-refractivity contribution >= 4 is 40.1 Å². The third-order valence-corrected chi connectivity index (χ3v) is 8.25. The van der Waals surface area contributed by atoms with Crippen LogP contribution in [0.3, 0.4) is 0 Å². The Bertz CT molecular complexity index is 1600. The molecule has 1 heterocycles. The van der Waals surface area contributed by atoms with E-state index in [1.54, 1.807) is 48.5 Å². The Labute approximate surface area is 262 Å². The molecule has 10 heteroatoms. The van der Waals surface area contributed by atoms with Crippen molar-refractivity contribution in [3.8, 4) is 0 Å². The van der Waals surface area contributed by atoms with Gasteiger partial charge in [0.2, 0.25) is 0 Å². The summed E-state index contributed by atoms with van der Waals surface area (Å²) in [5, 5.41) is 0. The molecule has 1 fully saturated rings. The Hall–Kier alpha value is -3.60. The third kappa shape index (κ3) is 7.72. The van der Waals surface area contributed by atoms with Crippen LogP contribution in [0.5, 0.6) is 0 Å². The van der Waals surface area contributed by atoms with Crippen LogP contribution in [0.2, 0.25) is 0 Å². The molecule has 1 saturated heterocycles. The summed E-state index contributed by atoms with van der Waals surface area (Å²) in [4.78, 5) is 24.2. The Morgan fingerprint density at radius 2 is 0.955 bits per heavy atom. The number of ketones is 2. The van der Waals surface area contributed by atoms with Crippen LogP contribution in [0, 0.1) is 23.3 Å². The van der Waals surface area contributed by atoms with Crippen molar-refractivity contribution in [3.63, 3.8) is 0 Å². The van der Waals surface area contributed by atoms with Crippen LogP contribution in [0.15, 0.2) is 89.4 Å². The van der Waals surface area contributed by atoms with Crippen LogP contribution in [0.1, 0.15) is 59.5 Å². The van der Waals surface area contributed by atoms with Gasteiger partial charge in [-0.2, -0.15) is 0 Å². The van der Waals surface area contributed by atoms with Gasteiger partial charge in [-0.1, -0.05) is 64.5 Å². The maximum absolute atomic E-state index is 13.7. The van der Waals surface area contributed by atoms with Gasteiger partial charge in [0.1, 0.15) is 23.3 Å². The highest BCUT2D eigenvalue weighted by Gasteiger charge is 2.51. The lowest BCUT2D eigenvalue weighted by Crippen LogP contribution is -2.41. The van der Waals surface area contributed by atoms with Crippen LogP contribution < -0.4 is 5.46 Å². The van der Waals surface area contributed by atoms with Crippen molar-refractivity contribution in [2.75, 3.05) is 0 Å². The molecular formula is C34H30BBrF4O4. The third-order valence-electron chi connectivity index (χ3n) is 7.72. The summed E-state index contributed by atoms with van der Waals surface area (Å²) in [5.41, 5.74) is 0.298. The monoisotopic (exact) mass is 668 g/mol. The van der Waals surface area contributed by atoms with Gasteiger partial charge < -0.3 is 9.31 Å². The first-order valence-electron chi connectivity index (χ1n) is 13.8. The number of Topliss-reactive ketones (excluding diaryl/α,β-unsaturated/α-hetero) is 2. The summed E-state index contributed by atoms with van der Waals surface area (Å²) in [6.45, 7) is 7.86. The van der Waals surface area contributed by atoms with Gasteiger partial charge in [0, 0.05) is 39.6 Å².